The van der Waals surface area contributed by atoms with Crippen LogP contribution < -0.4 is 0 Å². The molecule has 0 aromatic carbocycles. The van der Waals surface area contributed by atoms with E-state index in [4.69, 9.17) is 5.11 Å². The van der Waals surface area contributed by atoms with Crippen LogP contribution in [0, 0.1) is 0 Å². The highest BCUT2D eigenvalue weighted by Gasteiger charge is 1.94. The van der Waals surface area contributed by atoms with E-state index in [0.29, 0.717) is 6.42 Å². The van der Waals surface area contributed by atoms with Gasteiger partial charge in [0.05, 0.1) is 0 Å². The average Bonchev–Trinajstić information content (AvgIpc) is 2.00. The molecular formula is C10H18O2. The Kier molecular flexibility index (Phi) is 6.44. The Labute approximate surface area is 74.3 Å². The lowest BCUT2D eigenvalue weighted by molar-refractivity contribution is -0.136. The lowest BCUT2D eigenvalue weighted by Crippen LogP contribution is -1.92. The molecule has 0 fully saturated rings. The van der Waals surface area contributed by atoms with E-state index in [9.17, 15) is 4.79 Å². The number of allylic oxidation sites excluding steroid dienone is 2. The van der Waals surface area contributed by atoms with E-state index in [1.165, 1.54) is 18.4 Å². The van der Waals surface area contributed by atoms with Crippen LogP contribution in [0.3, 0.4) is 0 Å². The molecule has 0 atom stereocenters. The second-order valence-electron chi connectivity index (χ2n) is 3.09. The molecule has 0 saturated heterocycles. The Balaban J connectivity index is 3.47. The van der Waals surface area contributed by atoms with Crippen LogP contribution in [0.25, 0.3) is 0 Å². The van der Waals surface area contributed by atoms with Crippen molar-refractivity contribution in [3.8, 4) is 0 Å². The molecule has 0 aromatic rings. The quantitative estimate of drug-likeness (QED) is 0.622. The van der Waals surface area contributed by atoms with Crippen LogP contribution in [-0.2, 0) is 4.79 Å². The molecule has 2 heteroatoms. The molecular weight excluding hydrogens is 152 g/mol. The molecule has 0 aliphatic heterocycles. The van der Waals surface area contributed by atoms with Gasteiger partial charge in [-0.25, -0.2) is 0 Å². The minimum atomic E-state index is -0.713. The van der Waals surface area contributed by atoms with Crippen LogP contribution in [0.4, 0.5) is 0 Å². The maximum absolute atomic E-state index is 10.2. The Bertz CT molecular complexity index is 159. The molecule has 0 saturated carbocycles. The SMILES string of the molecule is CCCC/C(C)=C/CCC(=O)O. The Morgan fingerprint density at radius 2 is 2.08 bits per heavy atom. The first-order chi connectivity index (χ1) is 5.66. The Hall–Kier alpha value is -0.790. The first-order valence-electron chi connectivity index (χ1n) is 4.54. The average molecular weight is 170 g/mol. The predicted octanol–water partition coefficient (Wildman–Crippen LogP) is 2.99. The summed E-state index contributed by atoms with van der Waals surface area (Å²) >= 11 is 0. The van der Waals surface area contributed by atoms with Gasteiger partial charge in [-0.05, 0) is 26.2 Å². The number of rotatable bonds is 6. The largest absolute Gasteiger partial charge is 0.481 e. The standard InChI is InChI=1S/C10H18O2/c1-3-4-6-9(2)7-5-8-10(11)12/h7H,3-6,8H2,1-2H3,(H,11,12)/b9-7+. The fourth-order valence-corrected chi connectivity index (χ4v) is 1.000. The van der Waals surface area contributed by atoms with Gasteiger partial charge in [0.1, 0.15) is 0 Å². The maximum atomic E-state index is 10.2. The van der Waals surface area contributed by atoms with Crippen molar-refractivity contribution in [2.45, 2.75) is 46.0 Å². The van der Waals surface area contributed by atoms with E-state index >= 15 is 0 Å². The van der Waals surface area contributed by atoms with Crippen LogP contribution in [-0.4, -0.2) is 11.1 Å². The minimum Gasteiger partial charge on any atom is -0.481 e. The highest BCUT2D eigenvalue weighted by molar-refractivity contribution is 5.66. The number of unbranched alkanes of at least 4 members (excludes halogenated alkanes) is 1. The monoisotopic (exact) mass is 170 g/mol. The molecule has 0 rings (SSSR count). The number of aliphatic carboxylic acids is 1. The Morgan fingerprint density at radius 3 is 2.58 bits per heavy atom. The van der Waals surface area contributed by atoms with E-state index in [-0.39, 0.29) is 6.42 Å². The molecule has 2 nitrogen and oxygen atoms in total. The summed E-state index contributed by atoms with van der Waals surface area (Å²) in [6, 6.07) is 0. The van der Waals surface area contributed by atoms with Gasteiger partial charge in [-0.1, -0.05) is 25.0 Å². The van der Waals surface area contributed by atoms with Crippen LogP contribution in [0.2, 0.25) is 0 Å². The van der Waals surface area contributed by atoms with Gasteiger partial charge < -0.3 is 5.11 Å². The van der Waals surface area contributed by atoms with E-state index in [0.717, 1.165) is 6.42 Å². The molecule has 12 heavy (non-hydrogen) atoms. The number of hydrogen-bond acceptors (Lipinski definition) is 1. The van der Waals surface area contributed by atoms with Gasteiger partial charge in [-0.2, -0.15) is 0 Å². The number of carboxylic acid groups (broad SMARTS) is 1. The van der Waals surface area contributed by atoms with Crippen molar-refractivity contribution in [2.75, 3.05) is 0 Å². The molecule has 0 spiro atoms. The highest BCUT2D eigenvalue weighted by atomic mass is 16.4. The smallest absolute Gasteiger partial charge is 0.303 e. The van der Waals surface area contributed by atoms with Crippen molar-refractivity contribution < 1.29 is 9.90 Å². The van der Waals surface area contributed by atoms with Crippen LogP contribution in [0.15, 0.2) is 11.6 Å². The lowest BCUT2D eigenvalue weighted by atomic mass is 10.1. The molecule has 0 heterocycles. The molecule has 0 unspecified atom stereocenters. The van der Waals surface area contributed by atoms with Crippen molar-refractivity contribution >= 4 is 5.97 Å². The van der Waals surface area contributed by atoms with Gasteiger partial charge in [0.15, 0.2) is 0 Å². The van der Waals surface area contributed by atoms with Gasteiger partial charge in [-0.15, -0.1) is 0 Å². The highest BCUT2D eigenvalue weighted by Crippen LogP contribution is 2.07. The van der Waals surface area contributed by atoms with Crippen LogP contribution in [0.1, 0.15) is 46.0 Å². The number of carboxylic acids is 1. The van der Waals surface area contributed by atoms with Crippen molar-refractivity contribution in [3.63, 3.8) is 0 Å². The zero-order valence-electron chi connectivity index (χ0n) is 7.97. The summed E-state index contributed by atoms with van der Waals surface area (Å²) < 4.78 is 0. The summed E-state index contributed by atoms with van der Waals surface area (Å²) in [6.45, 7) is 4.22. The fraction of sp³-hybridized carbons (Fsp3) is 0.700. The molecule has 0 radical (unpaired) electrons. The van der Waals surface area contributed by atoms with Crippen molar-refractivity contribution in [2.24, 2.45) is 0 Å². The lowest BCUT2D eigenvalue weighted by Gasteiger charge is -1.97. The predicted molar refractivity (Wildman–Crippen MR) is 50.2 cm³/mol. The summed E-state index contributed by atoms with van der Waals surface area (Å²) in [5.41, 5.74) is 1.32. The van der Waals surface area contributed by atoms with E-state index in [1.807, 2.05) is 6.08 Å². The third-order valence-electron chi connectivity index (χ3n) is 1.78. The summed E-state index contributed by atoms with van der Waals surface area (Å²) in [5, 5.41) is 8.37. The third-order valence-corrected chi connectivity index (χ3v) is 1.78. The minimum absolute atomic E-state index is 0.253. The molecule has 0 aliphatic carbocycles. The first kappa shape index (κ1) is 11.2. The first-order valence-corrected chi connectivity index (χ1v) is 4.54. The summed E-state index contributed by atoms with van der Waals surface area (Å²) in [5.74, 6) is -0.713. The number of hydrogen-bond donors (Lipinski definition) is 1. The Morgan fingerprint density at radius 1 is 1.42 bits per heavy atom. The maximum Gasteiger partial charge on any atom is 0.303 e. The fourth-order valence-electron chi connectivity index (χ4n) is 1.000. The van der Waals surface area contributed by atoms with Gasteiger partial charge in [0.2, 0.25) is 0 Å². The molecule has 0 aromatic heterocycles. The van der Waals surface area contributed by atoms with E-state index in [1.54, 1.807) is 0 Å². The van der Waals surface area contributed by atoms with Gasteiger partial charge in [-0.3, -0.25) is 4.79 Å². The van der Waals surface area contributed by atoms with Crippen LogP contribution in [0.5, 0.6) is 0 Å². The summed E-state index contributed by atoms with van der Waals surface area (Å²) in [4.78, 5) is 10.2. The van der Waals surface area contributed by atoms with E-state index in [2.05, 4.69) is 13.8 Å². The zero-order valence-corrected chi connectivity index (χ0v) is 7.97. The van der Waals surface area contributed by atoms with Crippen molar-refractivity contribution in [3.05, 3.63) is 11.6 Å². The molecule has 0 amide bonds. The summed E-state index contributed by atoms with van der Waals surface area (Å²) in [7, 11) is 0. The van der Waals surface area contributed by atoms with Crippen molar-refractivity contribution in [1.29, 1.82) is 0 Å². The van der Waals surface area contributed by atoms with Crippen molar-refractivity contribution in [1.82, 2.24) is 0 Å². The second-order valence-corrected chi connectivity index (χ2v) is 3.09. The van der Waals surface area contributed by atoms with Gasteiger partial charge in [0.25, 0.3) is 0 Å². The normalized spacial score (nSPS) is 11.7. The number of carbonyl (C=O) groups is 1. The van der Waals surface area contributed by atoms with Gasteiger partial charge >= 0.3 is 5.97 Å². The zero-order chi connectivity index (χ0) is 9.40. The molecule has 0 aliphatic rings. The molecule has 1 N–H and O–H groups in total. The van der Waals surface area contributed by atoms with Gasteiger partial charge in [0, 0.05) is 6.42 Å². The second kappa shape index (κ2) is 6.89. The summed E-state index contributed by atoms with van der Waals surface area (Å²) in [6.07, 6.45) is 6.47. The topological polar surface area (TPSA) is 37.3 Å². The molecule has 70 valence electrons. The van der Waals surface area contributed by atoms with Crippen LogP contribution >= 0.6 is 0 Å². The van der Waals surface area contributed by atoms with E-state index < -0.39 is 5.97 Å². The molecule has 0 bridgehead atoms. The third kappa shape index (κ3) is 7.32.